The third kappa shape index (κ3) is 5.78. The molecule has 2 heterocycles. The van der Waals surface area contributed by atoms with E-state index < -0.39 is 5.91 Å². The molecule has 8 heteroatoms. The first-order valence-corrected chi connectivity index (χ1v) is 11.9. The number of pyridine rings is 1. The van der Waals surface area contributed by atoms with Gasteiger partial charge in [0, 0.05) is 21.9 Å². The molecule has 0 fully saturated rings. The summed E-state index contributed by atoms with van der Waals surface area (Å²) in [6, 6.07) is 8.33. The van der Waals surface area contributed by atoms with Crippen molar-refractivity contribution in [3.8, 4) is 11.3 Å². The van der Waals surface area contributed by atoms with Crippen LogP contribution in [0.5, 0.6) is 0 Å². The lowest BCUT2D eigenvalue weighted by Crippen LogP contribution is -2.30. The highest BCUT2D eigenvalue weighted by Crippen LogP contribution is 2.35. The average molecular weight is 507 g/mol. The largest absolute Gasteiger partial charge is 0.493 e. The van der Waals surface area contributed by atoms with Gasteiger partial charge in [0.1, 0.15) is 11.5 Å². The highest BCUT2D eigenvalue weighted by Gasteiger charge is 2.17. The van der Waals surface area contributed by atoms with E-state index in [2.05, 4.69) is 23.5 Å². The number of amides is 1. The van der Waals surface area contributed by atoms with Crippen molar-refractivity contribution in [2.24, 2.45) is 0 Å². The molecular formula is C28H27FN2O4S. The zero-order valence-corrected chi connectivity index (χ0v) is 21.4. The lowest BCUT2D eigenvalue weighted by molar-refractivity contribution is -0.117. The molecule has 0 aliphatic heterocycles. The lowest BCUT2D eigenvalue weighted by atomic mass is 10.0. The fraction of sp³-hybridized carbons (Fsp3) is 0.179. The van der Waals surface area contributed by atoms with Gasteiger partial charge in [0.25, 0.3) is 0 Å². The SMILES string of the molecule is C=C/C(OC)=C(\C=C(/C)C(=O)NCC(=O)c1cc(C(=C)C)cc(-c2csc3c(F)cccc23)n1)OC. The number of aromatic nitrogens is 1. The van der Waals surface area contributed by atoms with Crippen LogP contribution in [0.1, 0.15) is 29.9 Å². The van der Waals surface area contributed by atoms with Crippen LogP contribution >= 0.6 is 11.3 Å². The van der Waals surface area contributed by atoms with E-state index in [0.29, 0.717) is 27.5 Å². The first-order valence-electron chi connectivity index (χ1n) is 11.0. The van der Waals surface area contributed by atoms with Gasteiger partial charge in [-0.05, 0) is 49.8 Å². The van der Waals surface area contributed by atoms with Crippen LogP contribution in [0.4, 0.5) is 4.39 Å². The third-order valence-corrected chi connectivity index (χ3v) is 6.42. The van der Waals surface area contributed by atoms with Crippen molar-refractivity contribution in [3.63, 3.8) is 0 Å². The van der Waals surface area contributed by atoms with Gasteiger partial charge in [0.2, 0.25) is 5.91 Å². The Morgan fingerprint density at radius 1 is 1.17 bits per heavy atom. The molecule has 1 amide bonds. The molecule has 3 aromatic rings. The minimum Gasteiger partial charge on any atom is -0.493 e. The summed E-state index contributed by atoms with van der Waals surface area (Å²) in [5, 5.41) is 5.15. The third-order valence-electron chi connectivity index (χ3n) is 5.41. The van der Waals surface area contributed by atoms with Gasteiger partial charge < -0.3 is 14.8 Å². The quantitative estimate of drug-likeness (QED) is 0.156. The number of carbonyl (C=O) groups excluding carboxylic acids is 2. The van der Waals surface area contributed by atoms with Gasteiger partial charge >= 0.3 is 0 Å². The molecule has 0 saturated carbocycles. The molecule has 186 valence electrons. The van der Waals surface area contributed by atoms with E-state index in [0.717, 1.165) is 22.1 Å². The minimum atomic E-state index is -0.451. The molecular weight excluding hydrogens is 479 g/mol. The van der Waals surface area contributed by atoms with E-state index >= 15 is 0 Å². The van der Waals surface area contributed by atoms with Gasteiger partial charge in [0.15, 0.2) is 17.3 Å². The molecule has 0 bridgehead atoms. The number of methoxy groups -OCH3 is 2. The van der Waals surface area contributed by atoms with Gasteiger partial charge in [-0.15, -0.1) is 11.3 Å². The van der Waals surface area contributed by atoms with Crippen LogP contribution in [-0.2, 0) is 14.3 Å². The molecule has 3 rings (SSSR count). The molecule has 1 aromatic carbocycles. The highest BCUT2D eigenvalue weighted by atomic mass is 32.1. The van der Waals surface area contributed by atoms with E-state index in [9.17, 15) is 14.0 Å². The number of nitrogens with one attached hydrogen (secondary N) is 1. The zero-order valence-electron chi connectivity index (χ0n) is 20.6. The first kappa shape index (κ1) is 26.6. The Balaban J connectivity index is 1.87. The number of halogens is 1. The van der Waals surface area contributed by atoms with Crippen molar-refractivity contribution in [3.05, 3.63) is 95.2 Å². The maximum atomic E-state index is 14.2. The maximum absolute atomic E-state index is 14.2. The number of ether oxygens (including phenoxy) is 2. The van der Waals surface area contributed by atoms with E-state index in [4.69, 9.17) is 9.47 Å². The molecule has 1 N–H and O–H groups in total. The molecule has 0 radical (unpaired) electrons. The van der Waals surface area contributed by atoms with Gasteiger partial charge in [0.05, 0.1) is 31.2 Å². The molecule has 0 aliphatic rings. The second-order valence-corrected chi connectivity index (χ2v) is 8.83. The summed E-state index contributed by atoms with van der Waals surface area (Å²) < 4.78 is 25.2. The van der Waals surface area contributed by atoms with Crippen LogP contribution in [0, 0.1) is 5.82 Å². The second kappa shape index (κ2) is 11.6. The van der Waals surface area contributed by atoms with Crippen LogP contribution in [0.2, 0.25) is 0 Å². The topological polar surface area (TPSA) is 77.5 Å². The number of benzene rings is 1. The molecule has 0 saturated heterocycles. The number of fused-ring (bicyclic) bond motifs is 1. The Labute approximate surface area is 213 Å². The Bertz CT molecular complexity index is 1420. The number of rotatable bonds is 10. The van der Waals surface area contributed by atoms with Crippen molar-refractivity contribution >= 4 is 38.7 Å². The van der Waals surface area contributed by atoms with Crippen molar-refractivity contribution in [2.45, 2.75) is 13.8 Å². The summed E-state index contributed by atoms with van der Waals surface area (Å²) in [7, 11) is 2.92. The maximum Gasteiger partial charge on any atom is 0.247 e. The molecule has 6 nitrogen and oxygen atoms in total. The van der Waals surface area contributed by atoms with Gasteiger partial charge in [-0.25, -0.2) is 9.37 Å². The Hall–Kier alpha value is -4.04. The summed E-state index contributed by atoms with van der Waals surface area (Å²) in [5.41, 5.74) is 3.22. The van der Waals surface area contributed by atoms with Crippen molar-refractivity contribution in [1.82, 2.24) is 10.3 Å². The summed E-state index contributed by atoms with van der Waals surface area (Å²) in [5.74, 6) is -0.439. The van der Waals surface area contributed by atoms with Crippen molar-refractivity contribution in [1.29, 1.82) is 0 Å². The Morgan fingerprint density at radius 3 is 2.53 bits per heavy atom. The molecule has 2 aromatic heterocycles. The fourth-order valence-corrected chi connectivity index (χ4v) is 4.42. The Morgan fingerprint density at radius 2 is 1.89 bits per heavy atom. The number of thiophene rings is 1. The summed E-state index contributed by atoms with van der Waals surface area (Å²) in [4.78, 5) is 30.1. The second-order valence-electron chi connectivity index (χ2n) is 7.95. The van der Waals surface area contributed by atoms with Gasteiger partial charge in [-0.3, -0.25) is 9.59 Å². The predicted molar refractivity (Wildman–Crippen MR) is 142 cm³/mol. The zero-order chi connectivity index (χ0) is 26.4. The van der Waals surface area contributed by atoms with Crippen LogP contribution < -0.4 is 5.32 Å². The number of hydrogen-bond acceptors (Lipinski definition) is 6. The monoisotopic (exact) mass is 506 g/mol. The van der Waals surface area contributed by atoms with E-state index in [1.807, 2.05) is 24.4 Å². The predicted octanol–water partition coefficient (Wildman–Crippen LogP) is 6.07. The van der Waals surface area contributed by atoms with Crippen molar-refractivity contribution in [2.75, 3.05) is 20.8 Å². The van der Waals surface area contributed by atoms with Gasteiger partial charge in [-0.2, -0.15) is 0 Å². The van der Waals surface area contributed by atoms with Crippen LogP contribution in [0.3, 0.4) is 0 Å². The number of Topliss-reactive ketones (excluding diaryl/α,β-unsaturated/α-hetero) is 1. The number of allylic oxidation sites excluding steroid dienone is 3. The number of hydrogen-bond donors (Lipinski definition) is 1. The molecule has 0 aliphatic carbocycles. The number of carbonyl (C=O) groups is 2. The minimum absolute atomic E-state index is 0.175. The first-order chi connectivity index (χ1) is 17.2. The Kier molecular flexibility index (Phi) is 8.55. The molecule has 0 atom stereocenters. The van der Waals surface area contributed by atoms with Crippen molar-refractivity contribution < 1.29 is 23.5 Å². The van der Waals surface area contributed by atoms with Crippen LogP contribution in [-0.4, -0.2) is 37.4 Å². The fourth-order valence-electron chi connectivity index (χ4n) is 3.45. The smallest absolute Gasteiger partial charge is 0.247 e. The summed E-state index contributed by atoms with van der Waals surface area (Å²) in [6.07, 6.45) is 2.96. The van der Waals surface area contributed by atoms with E-state index in [-0.39, 0.29) is 23.8 Å². The van der Waals surface area contributed by atoms with Crippen LogP contribution in [0.25, 0.3) is 26.9 Å². The van der Waals surface area contributed by atoms with E-state index in [1.54, 1.807) is 19.1 Å². The summed E-state index contributed by atoms with van der Waals surface area (Å²) in [6.45, 7) is 10.8. The molecule has 0 unspecified atom stereocenters. The highest BCUT2D eigenvalue weighted by molar-refractivity contribution is 7.17. The number of nitrogens with zero attached hydrogens (tertiary/aromatic N) is 1. The lowest BCUT2D eigenvalue weighted by Gasteiger charge is -2.10. The number of ketones is 1. The average Bonchev–Trinajstić information content (AvgIpc) is 3.32. The van der Waals surface area contributed by atoms with E-state index in [1.165, 1.54) is 43.8 Å². The standard InChI is InChI=1S/C28H27FN2O4S/c1-7-25(34-5)26(35-6)11-17(4)28(33)30-14-24(32)23-13-18(16(2)3)12-22(31-23)20-15-36-27-19(20)9-8-10-21(27)29/h7-13,15H,1-2,14H2,3-6H3,(H,30,33)/b17-11+,26-25-. The molecule has 36 heavy (non-hydrogen) atoms. The van der Waals surface area contributed by atoms with Gasteiger partial charge in [-0.1, -0.05) is 30.9 Å². The summed E-state index contributed by atoms with van der Waals surface area (Å²) >= 11 is 1.28. The van der Waals surface area contributed by atoms with Crippen LogP contribution in [0.15, 0.2) is 78.1 Å². The molecule has 0 spiro atoms. The normalized spacial score (nSPS) is 12.1.